The molecule has 0 aromatic carbocycles. The average molecular weight is 160 g/mol. The number of esters is 1. The second kappa shape index (κ2) is 6.68. The predicted octanol–water partition coefficient (Wildman–Crippen LogP) is 2.16. The number of carbonyl (C=O) groups excluding carboxylic acids is 1. The van der Waals surface area contributed by atoms with Crippen molar-refractivity contribution in [3.63, 3.8) is 0 Å². The minimum Gasteiger partial charge on any atom is -0.462 e. The van der Waals surface area contributed by atoms with Crippen LogP contribution in [0.4, 0.5) is 0 Å². The zero-order valence-electron chi connectivity index (χ0n) is 6.35. The summed E-state index contributed by atoms with van der Waals surface area (Å²) in [7, 11) is 0. The fourth-order valence-electron chi connectivity index (χ4n) is 0.318. The van der Waals surface area contributed by atoms with Crippen molar-refractivity contribution in [1.29, 1.82) is 0 Å². The molecule has 0 saturated heterocycles. The molecule has 0 aliphatic heterocycles. The summed E-state index contributed by atoms with van der Waals surface area (Å²) in [6.45, 7) is 7.51. The molecule has 2 radical (unpaired) electrons. The SMILES string of the molecule is C=C(C)C(=O)OCCC.[S]. The van der Waals surface area contributed by atoms with Crippen molar-refractivity contribution >= 4 is 19.5 Å². The van der Waals surface area contributed by atoms with E-state index in [0.29, 0.717) is 12.2 Å². The molecule has 0 saturated carbocycles. The number of hydrogen-bond acceptors (Lipinski definition) is 2. The molecule has 0 rings (SSSR count). The van der Waals surface area contributed by atoms with E-state index in [1.165, 1.54) is 0 Å². The highest BCUT2D eigenvalue weighted by Gasteiger charge is 1.99. The van der Waals surface area contributed by atoms with Crippen LogP contribution in [0.5, 0.6) is 0 Å². The lowest BCUT2D eigenvalue weighted by atomic mass is 10.4. The van der Waals surface area contributed by atoms with Gasteiger partial charge in [-0.3, -0.25) is 0 Å². The van der Waals surface area contributed by atoms with Crippen LogP contribution in [0.25, 0.3) is 0 Å². The largest absolute Gasteiger partial charge is 0.462 e. The van der Waals surface area contributed by atoms with Crippen LogP contribution in [0.15, 0.2) is 12.2 Å². The van der Waals surface area contributed by atoms with Crippen molar-refractivity contribution in [3.05, 3.63) is 12.2 Å². The Balaban J connectivity index is 0. The Kier molecular flexibility index (Phi) is 8.18. The van der Waals surface area contributed by atoms with Gasteiger partial charge >= 0.3 is 5.97 Å². The lowest BCUT2D eigenvalue weighted by Gasteiger charge is -1.99. The Morgan fingerprint density at radius 1 is 1.60 bits per heavy atom. The van der Waals surface area contributed by atoms with Crippen molar-refractivity contribution in [1.82, 2.24) is 0 Å². The van der Waals surface area contributed by atoms with E-state index >= 15 is 0 Å². The van der Waals surface area contributed by atoms with Gasteiger partial charge in [0.05, 0.1) is 6.61 Å². The molecule has 3 heteroatoms. The van der Waals surface area contributed by atoms with Gasteiger partial charge in [-0.05, 0) is 13.3 Å². The molecule has 0 aromatic heterocycles. The Morgan fingerprint density at radius 3 is 2.40 bits per heavy atom. The van der Waals surface area contributed by atoms with Crippen molar-refractivity contribution < 1.29 is 9.53 Å². The van der Waals surface area contributed by atoms with Crippen LogP contribution >= 0.6 is 13.5 Å². The minimum absolute atomic E-state index is 0. The summed E-state index contributed by atoms with van der Waals surface area (Å²) in [4.78, 5) is 10.6. The first-order chi connectivity index (χ1) is 4.18. The Morgan fingerprint density at radius 2 is 2.10 bits per heavy atom. The maximum atomic E-state index is 10.6. The fraction of sp³-hybridized carbons (Fsp3) is 0.571. The highest BCUT2D eigenvalue weighted by atomic mass is 32.1. The Hall–Kier alpha value is -0.440. The third-order valence-corrected chi connectivity index (χ3v) is 0.786. The first-order valence-corrected chi connectivity index (χ1v) is 3.01. The number of rotatable bonds is 3. The van der Waals surface area contributed by atoms with Crippen LogP contribution in [-0.4, -0.2) is 12.6 Å². The summed E-state index contributed by atoms with van der Waals surface area (Å²) in [5.74, 6) is -0.295. The van der Waals surface area contributed by atoms with Gasteiger partial charge in [-0.15, -0.1) is 0 Å². The molecule has 0 atom stereocenters. The van der Waals surface area contributed by atoms with Crippen molar-refractivity contribution in [2.24, 2.45) is 0 Å². The van der Waals surface area contributed by atoms with E-state index in [1.807, 2.05) is 6.92 Å². The van der Waals surface area contributed by atoms with Gasteiger partial charge in [0.25, 0.3) is 0 Å². The molecular weight excluding hydrogens is 148 g/mol. The molecule has 58 valence electrons. The predicted molar refractivity (Wildman–Crippen MR) is 43.7 cm³/mol. The zero-order valence-corrected chi connectivity index (χ0v) is 7.16. The molecule has 0 N–H and O–H groups in total. The van der Waals surface area contributed by atoms with Gasteiger partial charge in [-0.25, -0.2) is 4.79 Å². The standard InChI is InChI=1S/C7H12O2.S/c1-4-5-9-7(8)6(2)3;/h2,4-5H2,1,3H3;. The number of carbonyl (C=O) groups is 1. The molecule has 0 aliphatic carbocycles. The molecular formula is C7H12O2S. The van der Waals surface area contributed by atoms with Gasteiger partial charge in [-0.1, -0.05) is 13.5 Å². The van der Waals surface area contributed by atoms with Crippen molar-refractivity contribution in [3.8, 4) is 0 Å². The second-order valence-corrected chi connectivity index (χ2v) is 1.92. The quantitative estimate of drug-likeness (QED) is 0.467. The van der Waals surface area contributed by atoms with Gasteiger partial charge in [0.1, 0.15) is 0 Å². The molecule has 0 spiro atoms. The lowest BCUT2D eigenvalue weighted by molar-refractivity contribution is -0.138. The minimum atomic E-state index is -0.295. The molecule has 2 nitrogen and oxygen atoms in total. The van der Waals surface area contributed by atoms with Crippen LogP contribution in [-0.2, 0) is 9.53 Å². The van der Waals surface area contributed by atoms with Crippen LogP contribution in [0, 0.1) is 0 Å². The second-order valence-electron chi connectivity index (χ2n) is 1.92. The number of ether oxygens (including phenoxy) is 1. The fourth-order valence-corrected chi connectivity index (χ4v) is 0.318. The van der Waals surface area contributed by atoms with Gasteiger partial charge in [-0.2, -0.15) is 0 Å². The van der Waals surface area contributed by atoms with Crippen LogP contribution in [0.3, 0.4) is 0 Å². The highest BCUT2D eigenvalue weighted by Crippen LogP contribution is 1.91. The summed E-state index contributed by atoms with van der Waals surface area (Å²) in [5, 5.41) is 0. The molecule has 0 aliphatic rings. The van der Waals surface area contributed by atoms with E-state index in [9.17, 15) is 4.79 Å². The maximum absolute atomic E-state index is 10.6. The zero-order chi connectivity index (χ0) is 7.28. The lowest BCUT2D eigenvalue weighted by Crippen LogP contribution is -2.04. The van der Waals surface area contributed by atoms with Crippen molar-refractivity contribution in [2.75, 3.05) is 6.61 Å². The van der Waals surface area contributed by atoms with Gasteiger partial charge < -0.3 is 4.74 Å². The highest BCUT2D eigenvalue weighted by molar-refractivity contribution is 7.59. The first-order valence-electron chi connectivity index (χ1n) is 3.01. The monoisotopic (exact) mass is 160 g/mol. The first kappa shape index (κ1) is 12.3. The molecule has 0 heterocycles. The summed E-state index contributed by atoms with van der Waals surface area (Å²) >= 11 is 0. The average Bonchev–Trinajstić information content (AvgIpc) is 1.82. The molecule has 0 fully saturated rings. The molecule has 10 heavy (non-hydrogen) atoms. The van der Waals surface area contributed by atoms with Gasteiger partial charge in [0.2, 0.25) is 0 Å². The third kappa shape index (κ3) is 5.69. The van der Waals surface area contributed by atoms with Crippen LogP contribution in [0.1, 0.15) is 20.3 Å². The van der Waals surface area contributed by atoms with Crippen molar-refractivity contribution in [2.45, 2.75) is 20.3 Å². The normalized spacial score (nSPS) is 7.80. The number of hydrogen-bond donors (Lipinski definition) is 0. The van der Waals surface area contributed by atoms with E-state index in [-0.39, 0.29) is 19.5 Å². The summed E-state index contributed by atoms with van der Waals surface area (Å²) in [6, 6.07) is 0. The van der Waals surface area contributed by atoms with E-state index in [2.05, 4.69) is 6.58 Å². The Labute approximate surface area is 68.7 Å². The van der Waals surface area contributed by atoms with Crippen LogP contribution < -0.4 is 0 Å². The maximum Gasteiger partial charge on any atom is 0.333 e. The smallest absolute Gasteiger partial charge is 0.333 e. The molecule has 0 bridgehead atoms. The van der Waals surface area contributed by atoms with E-state index in [4.69, 9.17) is 4.74 Å². The van der Waals surface area contributed by atoms with E-state index in [1.54, 1.807) is 6.92 Å². The molecule has 0 aromatic rings. The molecule has 0 unspecified atom stereocenters. The Bertz CT molecular complexity index is 121. The van der Waals surface area contributed by atoms with Gasteiger partial charge in [0.15, 0.2) is 0 Å². The third-order valence-electron chi connectivity index (χ3n) is 0.786. The topological polar surface area (TPSA) is 26.3 Å². The van der Waals surface area contributed by atoms with E-state index < -0.39 is 0 Å². The summed E-state index contributed by atoms with van der Waals surface area (Å²) in [6.07, 6.45) is 0.860. The van der Waals surface area contributed by atoms with Crippen LogP contribution in [0.2, 0.25) is 0 Å². The summed E-state index contributed by atoms with van der Waals surface area (Å²) in [5.41, 5.74) is 0.462. The summed E-state index contributed by atoms with van der Waals surface area (Å²) < 4.78 is 4.71. The molecule has 0 amide bonds. The van der Waals surface area contributed by atoms with Gasteiger partial charge in [0, 0.05) is 19.1 Å². The van der Waals surface area contributed by atoms with E-state index in [0.717, 1.165) is 6.42 Å².